The third kappa shape index (κ3) is 4.97. The zero-order valence-corrected chi connectivity index (χ0v) is 15.4. The first-order chi connectivity index (χ1) is 11.5. The van der Waals surface area contributed by atoms with Gasteiger partial charge < -0.3 is 4.74 Å². The Bertz CT molecular complexity index is 766. The van der Waals surface area contributed by atoms with Crippen LogP contribution in [0.2, 0.25) is 13.1 Å². The molecule has 0 aliphatic rings. The fourth-order valence-corrected chi connectivity index (χ4v) is 4.46. The predicted octanol–water partition coefficient (Wildman–Crippen LogP) is 3.68. The number of carbonyl (C=O) groups excluding carboxylic acids is 1. The lowest BCUT2D eigenvalue weighted by atomic mass is 10.2. The summed E-state index contributed by atoms with van der Waals surface area (Å²) in [6.07, 6.45) is 0. The van der Waals surface area contributed by atoms with E-state index in [1.807, 2.05) is 54.2 Å². The molecule has 122 valence electrons. The Morgan fingerprint density at radius 1 is 1.04 bits per heavy atom. The van der Waals surface area contributed by atoms with Crippen LogP contribution < -0.4 is 5.19 Å². The second-order valence-corrected chi connectivity index (χ2v) is 10.3. The summed E-state index contributed by atoms with van der Waals surface area (Å²) >= 11 is 0. The molecular weight excluding hydrogens is 312 g/mol. The van der Waals surface area contributed by atoms with E-state index in [9.17, 15) is 4.79 Å². The average Bonchev–Trinajstić information content (AvgIpc) is 2.60. The third-order valence-electron chi connectivity index (χ3n) is 3.63. The summed E-state index contributed by atoms with van der Waals surface area (Å²) in [5.74, 6) is 5.73. The maximum absolute atomic E-state index is 12.3. The van der Waals surface area contributed by atoms with Crippen LogP contribution in [0.3, 0.4) is 0 Å². The fourth-order valence-electron chi connectivity index (χ4n) is 2.33. The second-order valence-electron chi connectivity index (χ2n) is 5.98. The van der Waals surface area contributed by atoms with Crippen LogP contribution in [0.5, 0.6) is 0 Å². The van der Waals surface area contributed by atoms with E-state index in [1.54, 1.807) is 6.92 Å². The van der Waals surface area contributed by atoms with Crippen LogP contribution in [-0.2, 0) is 9.53 Å². The molecule has 0 fully saturated rings. The summed E-state index contributed by atoms with van der Waals surface area (Å²) in [6, 6.07) is 19.9. The summed E-state index contributed by atoms with van der Waals surface area (Å²) in [5.41, 5.74) is 3.35. The normalized spacial score (nSPS) is 11.4. The zero-order valence-electron chi connectivity index (χ0n) is 14.4. The van der Waals surface area contributed by atoms with Crippen molar-refractivity contribution in [3.8, 4) is 11.8 Å². The van der Waals surface area contributed by atoms with Gasteiger partial charge >= 0.3 is 5.97 Å². The number of carbonyl (C=O) groups is 1. The third-order valence-corrected chi connectivity index (χ3v) is 6.47. The van der Waals surface area contributed by atoms with Crippen LogP contribution in [0.15, 0.2) is 71.9 Å². The number of ether oxygens (including phenoxy) is 1. The van der Waals surface area contributed by atoms with Gasteiger partial charge in [0.25, 0.3) is 0 Å². The Balaban J connectivity index is 2.39. The molecule has 0 radical (unpaired) electrons. The maximum Gasteiger partial charge on any atom is 0.345 e. The molecule has 0 amide bonds. The molecule has 0 bridgehead atoms. The van der Waals surface area contributed by atoms with E-state index in [4.69, 9.17) is 4.74 Å². The minimum atomic E-state index is -1.94. The van der Waals surface area contributed by atoms with Gasteiger partial charge in [-0.2, -0.15) is 0 Å². The van der Waals surface area contributed by atoms with Crippen LogP contribution in [0, 0.1) is 11.8 Å². The zero-order chi connectivity index (χ0) is 17.4. The molecule has 0 spiro atoms. The van der Waals surface area contributed by atoms with Crippen molar-refractivity contribution in [1.29, 1.82) is 0 Å². The number of benzene rings is 2. The lowest BCUT2D eigenvalue weighted by Gasteiger charge is -2.19. The summed E-state index contributed by atoms with van der Waals surface area (Å²) in [4.78, 5) is 12.3. The van der Waals surface area contributed by atoms with E-state index in [1.165, 1.54) is 5.19 Å². The number of esters is 1. The molecule has 2 rings (SSSR count). The predicted molar refractivity (Wildman–Crippen MR) is 102 cm³/mol. The van der Waals surface area contributed by atoms with E-state index >= 15 is 0 Å². The molecular formula is C21H22O2Si. The summed E-state index contributed by atoms with van der Waals surface area (Å²) < 4.78 is 5.19. The molecule has 3 heteroatoms. The van der Waals surface area contributed by atoms with Gasteiger partial charge in [0.05, 0.1) is 6.61 Å². The van der Waals surface area contributed by atoms with Gasteiger partial charge in [0.15, 0.2) is 0 Å². The van der Waals surface area contributed by atoms with Gasteiger partial charge in [-0.3, -0.25) is 0 Å². The molecule has 0 aliphatic heterocycles. The highest BCUT2D eigenvalue weighted by atomic mass is 28.3. The first kappa shape index (κ1) is 17.8. The van der Waals surface area contributed by atoms with Crippen molar-refractivity contribution in [2.24, 2.45) is 0 Å². The summed E-state index contributed by atoms with van der Waals surface area (Å²) in [7, 11) is -1.94. The quantitative estimate of drug-likeness (QED) is 0.369. The van der Waals surface area contributed by atoms with Crippen LogP contribution in [0.1, 0.15) is 12.5 Å². The Labute approximate surface area is 145 Å². The molecule has 0 unspecified atom stereocenters. The Morgan fingerprint density at radius 2 is 1.62 bits per heavy atom. The van der Waals surface area contributed by atoms with Gasteiger partial charge in [0.2, 0.25) is 0 Å². The van der Waals surface area contributed by atoms with Crippen LogP contribution in [0.25, 0.3) is 0 Å². The van der Waals surface area contributed by atoms with Crippen molar-refractivity contribution < 1.29 is 9.53 Å². The van der Waals surface area contributed by atoms with E-state index in [2.05, 4.69) is 37.1 Å². The van der Waals surface area contributed by atoms with Gasteiger partial charge in [0.1, 0.15) is 13.6 Å². The molecule has 0 aromatic heterocycles. The Kier molecular flexibility index (Phi) is 6.17. The monoisotopic (exact) mass is 334 g/mol. The molecule has 2 aromatic carbocycles. The van der Waals surface area contributed by atoms with Crippen LogP contribution in [0.4, 0.5) is 0 Å². The van der Waals surface area contributed by atoms with Crippen molar-refractivity contribution >= 4 is 19.2 Å². The van der Waals surface area contributed by atoms with Gasteiger partial charge in [-0.05, 0) is 19.1 Å². The highest BCUT2D eigenvalue weighted by Crippen LogP contribution is 2.10. The standard InChI is InChI=1S/C21H22O2Si/c1-4-23-21(22)19(16-15-18-11-7-5-8-12-18)17-24(2,3)20-13-9-6-10-14-20/h5-14,17H,4H2,1-3H3/b19-17-. The van der Waals surface area contributed by atoms with Crippen molar-refractivity contribution in [2.75, 3.05) is 6.61 Å². The lowest BCUT2D eigenvalue weighted by molar-refractivity contribution is -0.137. The van der Waals surface area contributed by atoms with E-state index in [0.29, 0.717) is 12.2 Å². The van der Waals surface area contributed by atoms with Crippen molar-refractivity contribution in [1.82, 2.24) is 0 Å². The number of hydrogen-bond donors (Lipinski definition) is 0. The van der Waals surface area contributed by atoms with Crippen molar-refractivity contribution in [3.05, 3.63) is 77.5 Å². The lowest BCUT2D eigenvalue weighted by Crippen LogP contribution is -2.40. The van der Waals surface area contributed by atoms with Crippen molar-refractivity contribution in [3.63, 3.8) is 0 Å². The SMILES string of the molecule is CCOC(=O)/C(C#Cc1ccccc1)=C\[Si](C)(C)c1ccccc1. The van der Waals surface area contributed by atoms with Crippen LogP contribution in [-0.4, -0.2) is 20.7 Å². The molecule has 0 saturated carbocycles. The minimum Gasteiger partial charge on any atom is -0.462 e. The maximum atomic E-state index is 12.3. The first-order valence-electron chi connectivity index (χ1n) is 8.05. The van der Waals surface area contributed by atoms with Gasteiger partial charge in [0, 0.05) is 5.56 Å². The largest absolute Gasteiger partial charge is 0.462 e. The molecule has 0 heterocycles. The van der Waals surface area contributed by atoms with Gasteiger partial charge in [-0.1, -0.05) is 84.4 Å². The molecule has 0 N–H and O–H groups in total. The fraction of sp³-hybridized carbons (Fsp3) is 0.190. The minimum absolute atomic E-state index is 0.344. The highest BCUT2D eigenvalue weighted by molar-refractivity contribution is 6.94. The molecule has 0 saturated heterocycles. The summed E-state index contributed by atoms with van der Waals surface area (Å²) in [5, 5.41) is 1.26. The molecule has 2 aromatic rings. The van der Waals surface area contributed by atoms with Crippen LogP contribution >= 0.6 is 0 Å². The molecule has 24 heavy (non-hydrogen) atoms. The first-order valence-corrected chi connectivity index (χ1v) is 11.1. The second kappa shape index (κ2) is 8.33. The molecule has 2 nitrogen and oxygen atoms in total. The van der Waals surface area contributed by atoms with Gasteiger partial charge in [-0.25, -0.2) is 4.79 Å². The Morgan fingerprint density at radius 3 is 2.21 bits per heavy atom. The van der Waals surface area contributed by atoms with Gasteiger partial charge in [-0.15, -0.1) is 0 Å². The van der Waals surface area contributed by atoms with E-state index < -0.39 is 8.07 Å². The molecule has 0 atom stereocenters. The summed E-state index contributed by atoms with van der Waals surface area (Å²) in [6.45, 7) is 6.55. The Hall–Kier alpha value is -2.57. The van der Waals surface area contributed by atoms with E-state index in [0.717, 1.165) is 5.56 Å². The topological polar surface area (TPSA) is 26.3 Å². The van der Waals surface area contributed by atoms with Crippen molar-refractivity contribution in [2.45, 2.75) is 20.0 Å². The number of rotatable bonds is 4. The highest BCUT2D eigenvalue weighted by Gasteiger charge is 2.23. The van der Waals surface area contributed by atoms with E-state index in [-0.39, 0.29) is 5.97 Å². The average molecular weight is 334 g/mol. The number of hydrogen-bond acceptors (Lipinski definition) is 2. The molecule has 0 aliphatic carbocycles. The smallest absolute Gasteiger partial charge is 0.345 e.